The zero-order valence-electron chi connectivity index (χ0n) is 16.4. The molecule has 0 aromatic carbocycles. The lowest BCUT2D eigenvalue weighted by atomic mass is 9.48. The molecule has 0 heterocycles. The molecule has 26 heavy (non-hydrogen) atoms. The van der Waals surface area contributed by atoms with Gasteiger partial charge in [-0.2, -0.15) is 0 Å². The second-order valence-electron chi connectivity index (χ2n) is 9.34. The van der Waals surface area contributed by atoms with Crippen LogP contribution in [-0.4, -0.2) is 24.6 Å². The van der Waals surface area contributed by atoms with Crippen LogP contribution in [0.15, 0.2) is 11.6 Å². The molecule has 0 unspecified atom stereocenters. The van der Waals surface area contributed by atoms with Gasteiger partial charge in [0.2, 0.25) is 0 Å². The fourth-order valence-electron chi connectivity index (χ4n) is 6.79. The van der Waals surface area contributed by atoms with Gasteiger partial charge in [0.15, 0.2) is 0 Å². The molecule has 4 rings (SSSR count). The van der Waals surface area contributed by atoms with Gasteiger partial charge in [-0.05, 0) is 68.6 Å². The Bertz CT molecular complexity index is 638. The van der Waals surface area contributed by atoms with Crippen molar-refractivity contribution in [3.05, 3.63) is 11.6 Å². The SMILES string of the molecule is CCOC(=O)O[C@H]1CC[C@@]2(C)C(=CC[C@@H]3[C@@H]2CC[C@]2(C)C(=O)CC[C@@H]32)C1. The highest BCUT2D eigenvalue weighted by molar-refractivity contribution is 5.87. The summed E-state index contributed by atoms with van der Waals surface area (Å²) in [6.07, 6.45) is 9.87. The summed E-state index contributed by atoms with van der Waals surface area (Å²) in [5, 5.41) is 0. The molecule has 6 atom stereocenters. The summed E-state index contributed by atoms with van der Waals surface area (Å²) in [4.78, 5) is 24.2. The average Bonchev–Trinajstić information content (AvgIpc) is 2.91. The van der Waals surface area contributed by atoms with Gasteiger partial charge in [0, 0.05) is 18.3 Å². The van der Waals surface area contributed by atoms with Crippen LogP contribution in [0.2, 0.25) is 0 Å². The smallest absolute Gasteiger partial charge is 0.435 e. The Hall–Kier alpha value is -1.32. The number of allylic oxidation sites excluding steroid dienone is 1. The number of hydrogen-bond acceptors (Lipinski definition) is 4. The van der Waals surface area contributed by atoms with Crippen molar-refractivity contribution in [2.75, 3.05) is 6.61 Å². The normalized spacial score (nSPS) is 44.4. The second kappa shape index (κ2) is 6.38. The lowest BCUT2D eigenvalue weighted by molar-refractivity contribution is -0.132. The quantitative estimate of drug-likeness (QED) is 0.510. The predicted octanol–water partition coefficient (Wildman–Crippen LogP) is 5.06. The van der Waals surface area contributed by atoms with Gasteiger partial charge in [-0.25, -0.2) is 4.79 Å². The van der Waals surface area contributed by atoms with E-state index in [1.807, 2.05) is 0 Å². The number of fused-ring (bicyclic) bond motifs is 5. The number of ketones is 1. The molecule has 4 heteroatoms. The Morgan fingerprint density at radius 1 is 1.15 bits per heavy atom. The van der Waals surface area contributed by atoms with Gasteiger partial charge in [0.05, 0.1) is 6.61 Å². The standard InChI is InChI=1S/C22H32O4/c1-4-25-20(24)26-15-9-11-21(2)14(13-15)5-6-16-17-7-8-19(23)22(17,3)12-10-18(16)21/h5,15-18H,4,6-13H2,1-3H3/t15-,16-,17-,18-,21-,22-/m0/s1. The molecule has 3 saturated carbocycles. The van der Waals surface area contributed by atoms with E-state index in [1.54, 1.807) is 6.92 Å². The molecule has 4 nitrogen and oxygen atoms in total. The summed E-state index contributed by atoms with van der Waals surface area (Å²) in [5.74, 6) is 2.40. The highest BCUT2D eigenvalue weighted by Crippen LogP contribution is 2.64. The van der Waals surface area contributed by atoms with E-state index >= 15 is 0 Å². The van der Waals surface area contributed by atoms with Crippen molar-refractivity contribution in [1.82, 2.24) is 0 Å². The van der Waals surface area contributed by atoms with E-state index in [9.17, 15) is 9.59 Å². The first kappa shape index (κ1) is 18.1. The van der Waals surface area contributed by atoms with Gasteiger partial charge in [0.25, 0.3) is 0 Å². The van der Waals surface area contributed by atoms with Gasteiger partial charge >= 0.3 is 6.16 Å². The maximum atomic E-state index is 12.5. The molecule has 4 aliphatic rings. The molecule has 0 aromatic rings. The summed E-state index contributed by atoms with van der Waals surface area (Å²) in [7, 11) is 0. The summed E-state index contributed by atoms with van der Waals surface area (Å²) < 4.78 is 10.5. The van der Waals surface area contributed by atoms with Gasteiger partial charge in [-0.15, -0.1) is 0 Å². The number of rotatable bonds is 2. The third-order valence-electron chi connectivity index (χ3n) is 8.29. The lowest BCUT2D eigenvalue weighted by Crippen LogP contribution is -2.50. The first-order chi connectivity index (χ1) is 12.4. The van der Waals surface area contributed by atoms with Crippen molar-refractivity contribution >= 4 is 11.9 Å². The molecule has 0 amide bonds. The van der Waals surface area contributed by atoms with Crippen molar-refractivity contribution in [1.29, 1.82) is 0 Å². The van der Waals surface area contributed by atoms with Gasteiger partial charge < -0.3 is 9.47 Å². The van der Waals surface area contributed by atoms with Crippen LogP contribution in [0.4, 0.5) is 4.79 Å². The van der Waals surface area contributed by atoms with Crippen LogP contribution in [0.25, 0.3) is 0 Å². The number of carbonyl (C=O) groups is 2. The van der Waals surface area contributed by atoms with Gasteiger partial charge in [0.1, 0.15) is 11.9 Å². The summed E-state index contributed by atoms with van der Waals surface area (Å²) in [5.41, 5.74) is 1.63. The van der Waals surface area contributed by atoms with E-state index in [0.717, 1.165) is 44.9 Å². The zero-order valence-corrected chi connectivity index (χ0v) is 16.4. The van der Waals surface area contributed by atoms with Crippen molar-refractivity contribution in [3.8, 4) is 0 Å². The zero-order chi connectivity index (χ0) is 18.5. The molecule has 0 bridgehead atoms. The monoisotopic (exact) mass is 360 g/mol. The molecular weight excluding hydrogens is 328 g/mol. The van der Waals surface area contributed by atoms with Crippen molar-refractivity contribution in [2.24, 2.45) is 28.6 Å². The highest BCUT2D eigenvalue weighted by Gasteiger charge is 2.58. The van der Waals surface area contributed by atoms with Crippen LogP contribution in [0.1, 0.15) is 72.1 Å². The van der Waals surface area contributed by atoms with Crippen LogP contribution in [0.5, 0.6) is 0 Å². The Labute approximate surface area is 156 Å². The van der Waals surface area contributed by atoms with Crippen molar-refractivity contribution < 1.29 is 19.1 Å². The summed E-state index contributed by atoms with van der Waals surface area (Å²) in [6, 6.07) is 0. The van der Waals surface area contributed by atoms with E-state index in [4.69, 9.17) is 9.47 Å². The molecule has 0 aliphatic heterocycles. The van der Waals surface area contributed by atoms with E-state index in [-0.39, 0.29) is 16.9 Å². The number of hydrogen-bond donors (Lipinski definition) is 0. The van der Waals surface area contributed by atoms with Crippen LogP contribution in [0.3, 0.4) is 0 Å². The number of carbonyl (C=O) groups excluding carboxylic acids is 2. The third-order valence-corrected chi connectivity index (χ3v) is 8.29. The Kier molecular flexibility index (Phi) is 4.44. The molecule has 4 aliphatic carbocycles. The molecular formula is C22H32O4. The Morgan fingerprint density at radius 2 is 1.88 bits per heavy atom. The minimum atomic E-state index is -0.534. The lowest BCUT2D eigenvalue weighted by Gasteiger charge is -2.56. The molecule has 0 saturated heterocycles. The minimum Gasteiger partial charge on any atom is -0.435 e. The topological polar surface area (TPSA) is 52.6 Å². The molecule has 0 radical (unpaired) electrons. The van der Waals surface area contributed by atoms with E-state index < -0.39 is 6.16 Å². The largest absolute Gasteiger partial charge is 0.508 e. The minimum absolute atomic E-state index is 0.0492. The highest BCUT2D eigenvalue weighted by atomic mass is 16.7. The first-order valence-corrected chi connectivity index (χ1v) is 10.4. The third kappa shape index (κ3) is 2.63. The molecule has 144 valence electrons. The van der Waals surface area contributed by atoms with Crippen LogP contribution >= 0.6 is 0 Å². The Morgan fingerprint density at radius 3 is 2.65 bits per heavy atom. The Balaban J connectivity index is 1.52. The van der Waals surface area contributed by atoms with Crippen LogP contribution < -0.4 is 0 Å². The number of Topliss-reactive ketones (excluding diaryl/α,β-unsaturated/α-hetero) is 1. The summed E-state index contributed by atoms with van der Waals surface area (Å²) in [6.45, 7) is 6.81. The van der Waals surface area contributed by atoms with Crippen molar-refractivity contribution in [2.45, 2.75) is 78.2 Å². The van der Waals surface area contributed by atoms with E-state index in [1.165, 1.54) is 12.0 Å². The van der Waals surface area contributed by atoms with E-state index in [0.29, 0.717) is 30.1 Å². The van der Waals surface area contributed by atoms with Gasteiger partial charge in [-0.3, -0.25) is 4.79 Å². The fourth-order valence-corrected chi connectivity index (χ4v) is 6.79. The molecule has 3 fully saturated rings. The molecule has 0 aromatic heterocycles. The second-order valence-corrected chi connectivity index (χ2v) is 9.34. The summed E-state index contributed by atoms with van der Waals surface area (Å²) >= 11 is 0. The first-order valence-electron chi connectivity index (χ1n) is 10.4. The van der Waals surface area contributed by atoms with Gasteiger partial charge in [-0.1, -0.05) is 25.5 Å². The average molecular weight is 360 g/mol. The van der Waals surface area contributed by atoms with Crippen LogP contribution in [0, 0.1) is 28.6 Å². The molecule has 0 spiro atoms. The maximum absolute atomic E-state index is 12.5. The van der Waals surface area contributed by atoms with Crippen molar-refractivity contribution in [3.63, 3.8) is 0 Å². The molecule has 0 N–H and O–H groups in total. The number of ether oxygens (including phenoxy) is 2. The predicted molar refractivity (Wildman–Crippen MR) is 98.6 cm³/mol. The van der Waals surface area contributed by atoms with Crippen LogP contribution in [-0.2, 0) is 14.3 Å². The maximum Gasteiger partial charge on any atom is 0.508 e. The fraction of sp³-hybridized carbons (Fsp3) is 0.818. The van der Waals surface area contributed by atoms with E-state index in [2.05, 4.69) is 19.9 Å².